The second-order valence-corrected chi connectivity index (χ2v) is 20.6. The summed E-state index contributed by atoms with van der Waals surface area (Å²) in [6.07, 6.45) is 0. The number of anilines is 6. The van der Waals surface area contributed by atoms with Crippen molar-refractivity contribution < 1.29 is 0 Å². The monoisotopic (exact) mass is 902 g/mol. The Morgan fingerprint density at radius 1 is 0.243 bits per heavy atom. The molecule has 0 unspecified atom stereocenters. The number of rotatable bonds is 9. The predicted molar refractivity (Wildman–Crippen MR) is 302 cm³/mol. The Kier molecular flexibility index (Phi) is 11.4. The van der Waals surface area contributed by atoms with Crippen LogP contribution in [0.1, 0.15) is 52.7 Å². The zero-order valence-electron chi connectivity index (χ0n) is 41.0. The van der Waals surface area contributed by atoms with E-state index in [0.717, 1.165) is 34.1 Å². The molecule has 11 rings (SSSR count). The summed E-state index contributed by atoms with van der Waals surface area (Å²) >= 11 is 0. The van der Waals surface area contributed by atoms with Gasteiger partial charge < -0.3 is 9.80 Å². The summed E-state index contributed by atoms with van der Waals surface area (Å²) in [6, 6.07) is 89.4. The lowest BCUT2D eigenvalue weighted by Crippen LogP contribution is -2.13. The molecule has 0 saturated heterocycles. The van der Waals surface area contributed by atoms with E-state index in [1.165, 1.54) is 76.8 Å². The van der Waals surface area contributed by atoms with Gasteiger partial charge in [0.15, 0.2) is 0 Å². The molecule has 0 aromatic heterocycles. The van der Waals surface area contributed by atoms with Gasteiger partial charge in [0.05, 0.1) is 5.69 Å². The second kappa shape index (κ2) is 18.0. The molecule has 0 saturated carbocycles. The van der Waals surface area contributed by atoms with Gasteiger partial charge in [-0.2, -0.15) is 0 Å². The minimum absolute atomic E-state index is 0.0418. The van der Waals surface area contributed by atoms with Gasteiger partial charge in [0, 0.05) is 33.8 Å². The number of hydrogen-bond donors (Lipinski definition) is 0. The summed E-state index contributed by atoms with van der Waals surface area (Å²) in [5.41, 5.74) is 16.7. The highest BCUT2D eigenvalue weighted by Crippen LogP contribution is 2.46. The van der Waals surface area contributed by atoms with Crippen LogP contribution in [0.25, 0.3) is 65.7 Å². The molecule has 0 aliphatic rings. The van der Waals surface area contributed by atoms with Crippen LogP contribution in [-0.4, -0.2) is 0 Å². The molecule has 0 radical (unpaired) electrons. The van der Waals surface area contributed by atoms with Crippen LogP contribution in [0.3, 0.4) is 0 Å². The first-order valence-electron chi connectivity index (χ1n) is 24.6. The molecule has 11 aromatic rings. The first-order valence-corrected chi connectivity index (χ1v) is 24.6. The van der Waals surface area contributed by atoms with E-state index in [0.29, 0.717) is 0 Å². The van der Waals surface area contributed by atoms with Crippen molar-refractivity contribution >= 4 is 66.4 Å². The first-order chi connectivity index (χ1) is 34.0. The van der Waals surface area contributed by atoms with Gasteiger partial charge in [-0.1, -0.05) is 217 Å². The van der Waals surface area contributed by atoms with Gasteiger partial charge in [0.2, 0.25) is 0 Å². The van der Waals surface area contributed by atoms with Crippen LogP contribution >= 0.6 is 0 Å². The number of nitrogens with zero attached hydrogens (tertiary/aromatic N) is 2. The van der Waals surface area contributed by atoms with Crippen LogP contribution in [0.15, 0.2) is 243 Å². The van der Waals surface area contributed by atoms with Crippen molar-refractivity contribution in [3.63, 3.8) is 0 Å². The SMILES string of the molecule is CC(C)(C)c1ccc(N(c2ccc(-c3ccccc3)cc2)c2ccc(-c3cccc4c3ccc3c5ccccc5c(N(c5ccc(-c6ccccc6)cc5)c5ccc(C(C)(C)C)cc5)cc43)cc2)cc1. The first kappa shape index (κ1) is 44.3. The molecule has 70 heavy (non-hydrogen) atoms. The summed E-state index contributed by atoms with van der Waals surface area (Å²) < 4.78 is 0. The van der Waals surface area contributed by atoms with Gasteiger partial charge in [0.25, 0.3) is 0 Å². The van der Waals surface area contributed by atoms with Gasteiger partial charge in [-0.3, -0.25) is 0 Å². The van der Waals surface area contributed by atoms with Gasteiger partial charge >= 0.3 is 0 Å². The molecule has 0 N–H and O–H groups in total. The standard InChI is InChI=1S/C68H58N2/c1-67(2,3)52-30-40-56(41-31-52)69(54-34-24-49(25-35-54)47-16-9-7-10-17-47)55-38-28-51(29-39-55)59-22-15-23-61-62(59)44-45-63-60-20-13-14-21-64(60)66(46-65(61)63)70(58-42-32-53(33-43-58)68(4,5)6)57-36-26-50(27-37-57)48-18-11-8-12-19-48/h7-46H,1-6H3. The maximum absolute atomic E-state index is 2.45. The quantitative estimate of drug-likeness (QED) is 0.133. The van der Waals surface area contributed by atoms with E-state index in [9.17, 15) is 0 Å². The highest BCUT2D eigenvalue weighted by atomic mass is 15.1. The van der Waals surface area contributed by atoms with Crippen molar-refractivity contribution in [3.05, 3.63) is 254 Å². The van der Waals surface area contributed by atoms with E-state index < -0.39 is 0 Å². The van der Waals surface area contributed by atoms with E-state index in [1.807, 2.05) is 0 Å². The molecule has 0 aliphatic heterocycles. The van der Waals surface area contributed by atoms with Crippen LogP contribution in [0.5, 0.6) is 0 Å². The highest BCUT2D eigenvalue weighted by molar-refractivity contribution is 6.23. The molecule has 11 aromatic carbocycles. The molecule has 340 valence electrons. The zero-order valence-corrected chi connectivity index (χ0v) is 41.0. The zero-order chi connectivity index (χ0) is 48.0. The van der Waals surface area contributed by atoms with Crippen molar-refractivity contribution in [3.8, 4) is 33.4 Å². The Labute approximate surface area is 413 Å². The molecule has 0 bridgehead atoms. The van der Waals surface area contributed by atoms with Crippen LogP contribution < -0.4 is 9.80 Å². The van der Waals surface area contributed by atoms with Crippen molar-refractivity contribution in [1.29, 1.82) is 0 Å². The number of benzene rings is 11. The van der Waals surface area contributed by atoms with Gasteiger partial charge in [-0.05, 0) is 149 Å². The minimum atomic E-state index is 0.0418. The van der Waals surface area contributed by atoms with Crippen molar-refractivity contribution in [2.75, 3.05) is 9.80 Å². The number of fused-ring (bicyclic) bond motifs is 5. The Hall–Kier alpha value is -8.20. The molecule has 0 atom stereocenters. The molecule has 0 fully saturated rings. The molecule has 0 aliphatic carbocycles. The fourth-order valence-corrected chi connectivity index (χ4v) is 10.1. The van der Waals surface area contributed by atoms with Crippen LogP contribution in [0.4, 0.5) is 34.1 Å². The van der Waals surface area contributed by atoms with Crippen LogP contribution in [0, 0.1) is 0 Å². The van der Waals surface area contributed by atoms with E-state index >= 15 is 0 Å². The third-order valence-electron chi connectivity index (χ3n) is 14.0. The minimum Gasteiger partial charge on any atom is -0.311 e. The fraction of sp³-hybridized carbons (Fsp3) is 0.118. The van der Waals surface area contributed by atoms with Crippen molar-refractivity contribution in [1.82, 2.24) is 0 Å². The normalized spacial score (nSPS) is 11.9. The van der Waals surface area contributed by atoms with E-state index in [-0.39, 0.29) is 10.8 Å². The fourth-order valence-electron chi connectivity index (χ4n) is 10.1. The van der Waals surface area contributed by atoms with Crippen molar-refractivity contribution in [2.45, 2.75) is 52.4 Å². The lowest BCUT2D eigenvalue weighted by Gasteiger charge is -2.29. The molecular formula is C68H58N2. The smallest absolute Gasteiger partial charge is 0.0546 e. The summed E-state index contributed by atoms with van der Waals surface area (Å²) in [5, 5.41) is 7.37. The van der Waals surface area contributed by atoms with E-state index in [1.54, 1.807) is 0 Å². The summed E-state index contributed by atoms with van der Waals surface area (Å²) in [4.78, 5) is 4.81. The predicted octanol–water partition coefficient (Wildman–Crippen LogP) is 19.7. The average Bonchev–Trinajstić information content (AvgIpc) is 3.39. The molecule has 0 amide bonds. The Morgan fingerprint density at radius 2 is 0.586 bits per heavy atom. The van der Waals surface area contributed by atoms with Crippen molar-refractivity contribution in [2.24, 2.45) is 0 Å². The second-order valence-electron chi connectivity index (χ2n) is 20.6. The average molecular weight is 903 g/mol. The Morgan fingerprint density at radius 3 is 1.06 bits per heavy atom. The third kappa shape index (κ3) is 8.52. The maximum Gasteiger partial charge on any atom is 0.0546 e. The molecular weight excluding hydrogens is 845 g/mol. The largest absolute Gasteiger partial charge is 0.311 e. The maximum atomic E-state index is 2.45. The lowest BCUT2D eigenvalue weighted by molar-refractivity contribution is 0.590. The van der Waals surface area contributed by atoms with E-state index in [2.05, 4.69) is 294 Å². The Bertz CT molecular complexity index is 3600. The van der Waals surface area contributed by atoms with Gasteiger partial charge in [-0.25, -0.2) is 0 Å². The molecule has 2 nitrogen and oxygen atoms in total. The lowest BCUT2D eigenvalue weighted by atomic mass is 9.87. The van der Waals surface area contributed by atoms with E-state index in [4.69, 9.17) is 0 Å². The van der Waals surface area contributed by atoms with Gasteiger partial charge in [-0.15, -0.1) is 0 Å². The Balaban J connectivity index is 1.02. The van der Waals surface area contributed by atoms with Crippen LogP contribution in [0.2, 0.25) is 0 Å². The molecule has 0 spiro atoms. The topological polar surface area (TPSA) is 6.48 Å². The molecule has 2 heteroatoms. The van der Waals surface area contributed by atoms with Gasteiger partial charge in [0.1, 0.15) is 0 Å². The van der Waals surface area contributed by atoms with Crippen LogP contribution in [-0.2, 0) is 10.8 Å². The third-order valence-corrected chi connectivity index (χ3v) is 14.0. The molecule has 0 heterocycles. The summed E-state index contributed by atoms with van der Waals surface area (Å²) in [6.45, 7) is 13.6. The number of hydrogen-bond acceptors (Lipinski definition) is 2. The highest BCUT2D eigenvalue weighted by Gasteiger charge is 2.22. The summed E-state index contributed by atoms with van der Waals surface area (Å²) in [5.74, 6) is 0. The summed E-state index contributed by atoms with van der Waals surface area (Å²) in [7, 11) is 0.